The Bertz CT molecular complexity index is 1340. The van der Waals surface area contributed by atoms with Gasteiger partial charge in [0.25, 0.3) is 5.91 Å². The molecule has 2 aromatic carbocycles. The summed E-state index contributed by atoms with van der Waals surface area (Å²) in [4.78, 5) is 17.7. The summed E-state index contributed by atoms with van der Waals surface area (Å²) < 4.78 is 18.8. The number of hydrogen-bond donors (Lipinski definition) is 1. The number of nitrogens with one attached hydrogen (secondary N) is 1. The minimum Gasteiger partial charge on any atom is -0.457 e. The van der Waals surface area contributed by atoms with E-state index < -0.39 is 5.91 Å². The summed E-state index contributed by atoms with van der Waals surface area (Å²) in [5.41, 5.74) is 1.59. The van der Waals surface area contributed by atoms with Crippen molar-refractivity contribution < 1.29 is 13.6 Å². The van der Waals surface area contributed by atoms with Gasteiger partial charge < -0.3 is 4.42 Å². The van der Waals surface area contributed by atoms with E-state index in [1.807, 2.05) is 24.3 Å². The van der Waals surface area contributed by atoms with Gasteiger partial charge in [-0.15, -0.1) is 11.3 Å². The molecular weight excluding hydrogens is 449 g/mol. The van der Waals surface area contributed by atoms with E-state index in [1.54, 1.807) is 36.5 Å². The summed E-state index contributed by atoms with van der Waals surface area (Å²) in [6.07, 6.45) is 3.66. The van der Waals surface area contributed by atoms with Gasteiger partial charge in [-0.2, -0.15) is 5.26 Å². The van der Waals surface area contributed by atoms with E-state index in [4.69, 9.17) is 16.0 Å². The number of anilines is 1. The summed E-state index contributed by atoms with van der Waals surface area (Å²) in [5.74, 6) is -0.103. The zero-order chi connectivity index (χ0) is 22.5. The molecule has 32 heavy (non-hydrogen) atoms. The molecular formula is C24H15ClFN3O2S. The number of aromatic nitrogens is 1. The number of benzene rings is 2. The zero-order valence-electron chi connectivity index (χ0n) is 16.5. The van der Waals surface area contributed by atoms with Crippen molar-refractivity contribution in [3.63, 3.8) is 0 Å². The normalized spacial score (nSPS) is 11.2. The van der Waals surface area contributed by atoms with Gasteiger partial charge in [0, 0.05) is 34.2 Å². The van der Waals surface area contributed by atoms with Crippen LogP contribution in [0.3, 0.4) is 0 Å². The van der Waals surface area contributed by atoms with Gasteiger partial charge in [-0.1, -0.05) is 23.7 Å². The first-order valence-electron chi connectivity index (χ1n) is 9.48. The average molecular weight is 464 g/mol. The highest BCUT2D eigenvalue weighted by atomic mass is 35.5. The van der Waals surface area contributed by atoms with E-state index >= 15 is 0 Å². The number of thiazole rings is 1. The highest BCUT2D eigenvalue weighted by Crippen LogP contribution is 2.25. The first-order chi connectivity index (χ1) is 15.5. The van der Waals surface area contributed by atoms with E-state index in [9.17, 15) is 14.4 Å². The fourth-order valence-electron chi connectivity index (χ4n) is 2.95. The minimum absolute atomic E-state index is 0.128. The maximum Gasteiger partial charge on any atom is 0.268 e. The molecule has 0 aliphatic rings. The van der Waals surface area contributed by atoms with Crippen LogP contribution in [0, 0.1) is 17.1 Å². The molecule has 0 unspecified atom stereocenters. The summed E-state index contributed by atoms with van der Waals surface area (Å²) in [5, 5.41) is 13.1. The molecule has 158 valence electrons. The zero-order valence-corrected chi connectivity index (χ0v) is 18.1. The maximum atomic E-state index is 13.1. The molecule has 5 nitrogen and oxygen atoms in total. The lowest BCUT2D eigenvalue weighted by Gasteiger charge is -2.00. The quantitative estimate of drug-likeness (QED) is 0.267. The number of rotatable bonds is 6. The summed E-state index contributed by atoms with van der Waals surface area (Å²) in [7, 11) is 0. The van der Waals surface area contributed by atoms with Crippen molar-refractivity contribution in [2.45, 2.75) is 6.42 Å². The Labute approximate surface area is 192 Å². The fourth-order valence-corrected chi connectivity index (χ4v) is 4.00. The third kappa shape index (κ3) is 5.30. The molecule has 0 atom stereocenters. The van der Waals surface area contributed by atoms with Gasteiger partial charge in [-0.25, -0.2) is 9.37 Å². The van der Waals surface area contributed by atoms with Gasteiger partial charge in [0.2, 0.25) is 0 Å². The number of furan rings is 1. The van der Waals surface area contributed by atoms with Crippen molar-refractivity contribution in [2.75, 3.05) is 5.32 Å². The summed E-state index contributed by atoms with van der Waals surface area (Å²) in [6, 6.07) is 18.6. The standard InChI is InChI=1S/C24H15ClFN3O2S/c25-18-3-1-2-15(10-18)11-21-14-28-24(32-21)29-23(30)17(13-27)12-20-8-9-22(31-20)16-4-6-19(26)7-5-16/h1-10,12,14H,11H2,(H,28,29,30). The van der Waals surface area contributed by atoms with Crippen LogP contribution in [-0.2, 0) is 11.2 Å². The second-order valence-electron chi connectivity index (χ2n) is 6.77. The van der Waals surface area contributed by atoms with E-state index in [1.165, 1.54) is 29.5 Å². The lowest BCUT2D eigenvalue weighted by Crippen LogP contribution is -2.13. The number of carbonyl (C=O) groups excluding carboxylic acids is 1. The van der Waals surface area contributed by atoms with Gasteiger partial charge in [0.1, 0.15) is 29.0 Å². The number of hydrogen-bond acceptors (Lipinski definition) is 5. The summed E-state index contributed by atoms with van der Waals surface area (Å²) in [6.45, 7) is 0. The molecule has 1 N–H and O–H groups in total. The third-order valence-electron chi connectivity index (χ3n) is 4.45. The Morgan fingerprint density at radius 1 is 1.22 bits per heavy atom. The van der Waals surface area contributed by atoms with Crippen LogP contribution >= 0.6 is 22.9 Å². The molecule has 4 aromatic rings. The molecule has 0 saturated heterocycles. The molecule has 0 saturated carbocycles. The van der Waals surface area contributed by atoms with Gasteiger partial charge in [-0.05, 0) is 54.1 Å². The van der Waals surface area contributed by atoms with Crippen molar-refractivity contribution in [3.05, 3.63) is 99.5 Å². The highest BCUT2D eigenvalue weighted by Gasteiger charge is 2.14. The monoisotopic (exact) mass is 463 g/mol. The number of halogens is 2. The second kappa shape index (κ2) is 9.60. The number of nitrogens with zero attached hydrogens (tertiary/aromatic N) is 2. The average Bonchev–Trinajstić information content (AvgIpc) is 3.42. The van der Waals surface area contributed by atoms with Crippen molar-refractivity contribution >= 4 is 40.1 Å². The number of carbonyl (C=O) groups is 1. The van der Waals surface area contributed by atoms with Gasteiger partial charge in [0.05, 0.1) is 0 Å². The molecule has 1 amide bonds. The largest absolute Gasteiger partial charge is 0.457 e. The van der Waals surface area contributed by atoms with Crippen molar-refractivity contribution in [3.8, 4) is 17.4 Å². The molecule has 0 aliphatic carbocycles. The van der Waals surface area contributed by atoms with Crippen LogP contribution in [0.2, 0.25) is 5.02 Å². The molecule has 2 heterocycles. The second-order valence-corrected chi connectivity index (χ2v) is 8.32. The molecule has 0 radical (unpaired) electrons. The Morgan fingerprint density at radius 2 is 2.03 bits per heavy atom. The molecule has 0 aliphatic heterocycles. The highest BCUT2D eigenvalue weighted by molar-refractivity contribution is 7.15. The van der Waals surface area contributed by atoms with Crippen LogP contribution in [0.15, 0.2) is 76.9 Å². The molecule has 8 heteroatoms. The van der Waals surface area contributed by atoms with Crippen LogP contribution in [-0.4, -0.2) is 10.9 Å². The fraction of sp³-hybridized carbons (Fsp3) is 0.0417. The third-order valence-corrected chi connectivity index (χ3v) is 5.60. The van der Waals surface area contributed by atoms with Crippen LogP contribution < -0.4 is 5.32 Å². The Hall–Kier alpha value is -3.73. The van der Waals surface area contributed by atoms with Crippen LogP contribution in [0.5, 0.6) is 0 Å². The first kappa shape index (κ1) is 21.5. The number of amides is 1. The van der Waals surface area contributed by atoms with Crippen LogP contribution in [0.1, 0.15) is 16.2 Å². The maximum absolute atomic E-state index is 13.1. The summed E-state index contributed by atoms with van der Waals surface area (Å²) >= 11 is 7.34. The smallest absolute Gasteiger partial charge is 0.268 e. The molecule has 0 fully saturated rings. The predicted molar refractivity (Wildman–Crippen MR) is 123 cm³/mol. The predicted octanol–water partition coefficient (Wildman–Crippen LogP) is 6.33. The van der Waals surface area contributed by atoms with Crippen molar-refractivity contribution in [2.24, 2.45) is 0 Å². The van der Waals surface area contributed by atoms with Crippen molar-refractivity contribution in [1.29, 1.82) is 5.26 Å². The minimum atomic E-state index is -0.587. The van der Waals surface area contributed by atoms with Gasteiger partial charge in [0.15, 0.2) is 5.13 Å². The number of nitriles is 1. The Balaban J connectivity index is 1.44. The molecule has 2 aromatic heterocycles. The van der Waals surface area contributed by atoms with Crippen molar-refractivity contribution in [1.82, 2.24) is 4.98 Å². The van der Waals surface area contributed by atoms with E-state index in [0.717, 1.165) is 10.4 Å². The van der Waals surface area contributed by atoms with Gasteiger partial charge >= 0.3 is 0 Å². The van der Waals surface area contributed by atoms with Gasteiger partial charge in [-0.3, -0.25) is 10.1 Å². The topological polar surface area (TPSA) is 78.9 Å². The van der Waals surface area contributed by atoms with Crippen LogP contribution in [0.4, 0.5) is 9.52 Å². The molecule has 0 spiro atoms. The SMILES string of the molecule is N#CC(=Cc1ccc(-c2ccc(F)cc2)o1)C(=O)Nc1ncc(Cc2cccc(Cl)c2)s1. The lowest BCUT2D eigenvalue weighted by atomic mass is 10.1. The first-order valence-corrected chi connectivity index (χ1v) is 10.7. The molecule has 0 bridgehead atoms. The Morgan fingerprint density at radius 3 is 2.78 bits per heavy atom. The van der Waals surface area contributed by atoms with E-state index in [-0.39, 0.29) is 11.4 Å². The van der Waals surface area contributed by atoms with Crippen LogP contribution in [0.25, 0.3) is 17.4 Å². The lowest BCUT2D eigenvalue weighted by molar-refractivity contribution is -0.112. The Kier molecular flexibility index (Phi) is 6.45. The van der Waals surface area contributed by atoms with E-state index in [2.05, 4.69) is 10.3 Å². The van der Waals surface area contributed by atoms with E-state index in [0.29, 0.717) is 33.7 Å². The molecule has 4 rings (SSSR count).